The van der Waals surface area contributed by atoms with Crippen LogP contribution in [0.5, 0.6) is 0 Å². The van der Waals surface area contributed by atoms with Gasteiger partial charge >= 0.3 is 109 Å². The van der Waals surface area contributed by atoms with Crippen LogP contribution in [-0.2, 0) is 28.8 Å². The number of esters is 1. The molecule has 0 radical (unpaired) electrons. The molecule has 11 nitrogen and oxygen atoms in total. The van der Waals surface area contributed by atoms with Crippen molar-refractivity contribution in [3.05, 3.63) is 56.5 Å². The molecule has 0 aliphatic rings. The van der Waals surface area contributed by atoms with Crippen LogP contribution in [0, 0.1) is 13.8 Å². The van der Waals surface area contributed by atoms with Gasteiger partial charge in [0.15, 0.2) is 0 Å². The molecule has 2 aromatic rings. The van der Waals surface area contributed by atoms with Crippen LogP contribution < -0.4 is 118 Å². The van der Waals surface area contributed by atoms with Gasteiger partial charge in [-0.15, -0.1) is 0 Å². The van der Waals surface area contributed by atoms with E-state index in [9.17, 15) is 14.4 Å². The number of benzene rings is 2. The number of anilines is 2. The van der Waals surface area contributed by atoms with Gasteiger partial charge < -0.3 is 36.3 Å². The van der Waals surface area contributed by atoms with Gasteiger partial charge in [0, 0.05) is 54.7 Å². The second-order valence-corrected chi connectivity index (χ2v) is 9.17. The van der Waals surface area contributed by atoms with Gasteiger partial charge in [-0.3, -0.25) is 19.2 Å². The number of aliphatic hydroxyl groups is 2. The minimum absolute atomic E-state index is 0. The van der Waals surface area contributed by atoms with Crippen molar-refractivity contribution in [3.8, 4) is 0 Å². The van der Waals surface area contributed by atoms with Crippen LogP contribution in [0.2, 0.25) is 0 Å². The van der Waals surface area contributed by atoms with Crippen molar-refractivity contribution >= 4 is 67.5 Å². The summed E-state index contributed by atoms with van der Waals surface area (Å²) in [7, 11) is 1.00. The molecular formula is C26H36Br2K2N2O9. The maximum atomic E-state index is 11.6. The third-order valence-corrected chi connectivity index (χ3v) is 6.43. The third kappa shape index (κ3) is 21.7. The van der Waals surface area contributed by atoms with Crippen LogP contribution in [0.3, 0.4) is 0 Å². The molecule has 0 fully saturated rings. The molecule has 0 atom stereocenters. The van der Waals surface area contributed by atoms with E-state index in [-0.39, 0.29) is 142 Å². The molecule has 2 N–H and O–H groups in total. The smallest absolute Gasteiger partial charge is 1.00 e. The summed E-state index contributed by atoms with van der Waals surface area (Å²) in [6.45, 7) is 8.92. The molecule has 0 aromatic heterocycles. The van der Waals surface area contributed by atoms with E-state index < -0.39 is 0 Å². The normalized spacial score (nSPS) is 8.76. The fourth-order valence-corrected chi connectivity index (χ4v) is 3.40. The van der Waals surface area contributed by atoms with E-state index in [1.807, 2.05) is 50.2 Å². The van der Waals surface area contributed by atoms with Crippen LogP contribution in [-0.4, -0.2) is 67.9 Å². The van der Waals surface area contributed by atoms with E-state index in [0.717, 1.165) is 38.6 Å². The Balaban J connectivity index is -0.000000174. The molecule has 0 saturated heterocycles. The zero-order valence-electron chi connectivity index (χ0n) is 25.8. The fourth-order valence-electron chi connectivity index (χ4n) is 2.91. The van der Waals surface area contributed by atoms with E-state index >= 15 is 0 Å². The summed E-state index contributed by atoms with van der Waals surface area (Å²) in [5.41, 5.74) is 3.73. The summed E-state index contributed by atoms with van der Waals surface area (Å²) >= 11 is 6.82. The number of rotatable bonds is 8. The van der Waals surface area contributed by atoms with Crippen molar-refractivity contribution in [1.82, 2.24) is 0 Å². The minimum atomic E-state index is -0.342. The van der Waals surface area contributed by atoms with Crippen LogP contribution in [0.15, 0.2) is 45.3 Å². The Morgan fingerprint density at radius 2 is 1.24 bits per heavy atom. The molecule has 0 saturated carbocycles. The minimum Gasteiger partial charge on any atom is -1.00 e. The number of carbonyl (C=O) groups is 4. The Morgan fingerprint density at radius 3 is 1.51 bits per heavy atom. The number of nitrogens with zero attached hydrogens (tertiary/aromatic N) is 2. The van der Waals surface area contributed by atoms with Crippen LogP contribution >= 0.6 is 31.9 Å². The monoisotopic (exact) mass is 756 g/mol. The van der Waals surface area contributed by atoms with E-state index in [2.05, 4.69) is 36.7 Å². The van der Waals surface area contributed by atoms with E-state index in [1.165, 1.54) is 20.8 Å². The van der Waals surface area contributed by atoms with Gasteiger partial charge in [-0.1, -0.05) is 31.9 Å². The van der Waals surface area contributed by atoms with Crippen LogP contribution in [0.4, 0.5) is 11.4 Å². The summed E-state index contributed by atoms with van der Waals surface area (Å²) in [5.74, 6) is -0.486. The number of carbonyl (C=O) groups excluding carboxylic acids is 4. The Morgan fingerprint density at radius 1 is 0.878 bits per heavy atom. The molecule has 2 amide bonds. The van der Waals surface area contributed by atoms with Gasteiger partial charge in [0.05, 0.1) is 13.2 Å². The molecule has 2 aromatic carbocycles. The Labute approximate surface area is 344 Å². The number of ether oxygens (including phenoxy) is 1. The zero-order chi connectivity index (χ0) is 30.5. The molecule has 0 heterocycles. The van der Waals surface area contributed by atoms with Crippen molar-refractivity contribution < 1.29 is 148 Å². The molecule has 15 heteroatoms. The summed E-state index contributed by atoms with van der Waals surface area (Å²) in [6, 6.07) is 11.3. The molecule has 41 heavy (non-hydrogen) atoms. The van der Waals surface area contributed by atoms with E-state index in [4.69, 9.17) is 25.0 Å². The predicted octanol–water partition coefficient (Wildman–Crippen LogP) is -3.06. The summed E-state index contributed by atoms with van der Waals surface area (Å²) in [4.78, 5) is 48.0. The predicted molar refractivity (Wildman–Crippen MR) is 154 cm³/mol. The summed E-state index contributed by atoms with van der Waals surface area (Å²) in [5, 5.41) is 24.3. The van der Waals surface area contributed by atoms with E-state index in [0.29, 0.717) is 13.1 Å². The molecule has 0 aliphatic heterocycles. The first-order valence-electron chi connectivity index (χ1n) is 11.4. The van der Waals surface area contributed by atoms with Gasteiger partial charge in [-0.05, 0) is 61.4 Å². The second kappa shape index (κ2) is 29.2. The average molecular weight is 759 g/mol. The molecule has 2 rings (SSSR count). The maximum absolute atomic E-state index is 11.6. The number of hydrogen-bond donors (Lipinski definition) is 2. The molecule has 220 valence electrons. The zero-order valence-corrected chi connectivity index (χ0v) is 34.2. The first-order chi connectivity index (χ1) is 18.4. The SMILES string of the molecule is CC(=O)N(CCO)c1ccc(Br)c(C)c1.CC(=O)OCCN(C(C)=O)c1ccc(Br)c(C)c1.CO.O=CO[O-].[H-].[K+].[K+]. The number of hydrogen-bond acceptors (Lipinski definition) is 9. The first kappa shape index (κ1) is 48.3. The molecule has 0 bridgehead atoms. The summed E-state index contributed by atoms with van der Waals surface area (Å²) < 4.78 is 6.86. The Kier molecular flexibility index (Phi) is 34.4. The van der Waals surface area contributed by atoms with Crippen molar-refractivity contribution in [2.24, 2.45) is 0 Å². The topological polar surface area (TPSA) is 157 Å². The van der Waals surface area contributed by atoms with Crippen LogP contribution in [0.25, 0.3) is 0 Å². The summed E-state index contributed by atoms with van der Waals surface area (Å²) in [6.07, 6.45) is 0. The fraction of sp³-hybridized carbons (Fsp3) is 0.385. The van der Waals surface area contributed by atoms with E-state index in [1.54, 1.807) is 9.80 Å². The second-order valence-electron chi connectivity index (χ2n) is 7.46. The third-order valence-electron chi connectivity index (χ3n) is 4.65. The van der Waals surface area contributed by atoms with Gasteiger partial charge in [0.1, 0.15) is 6.61 Å². The average Bonchev–Trinajstić information content (AvgIpc) is 2.90. The van der Waals surface area contributed by atoms with Crippen molar-refractivity contribution in [2.45, 2.75) is 34.6 Å². The Bertz CT molecular complexity index is 1070. The van der Waals surface area contributed by atoms with Gasteiger partial charge in [-0.25, -0.2) is 0 Å². The quantitative estimate of drug-likeness (QED) is 0.0939. The molecule has 0 spiro atoms. The largest absolute Gasteiger partial charge is 1.00 e. The first-order valence-corrected chi connectivity index (χ1v) is 13.0. The maximum Gasteiger partial charge on any atom is 1.00 e. The van der Waals surface area contributed by atoms with Crippen molar-refractivity contribution in [1.29, 1.82) is 0 Å². The van der Waals surface area contributed by atoms with Gasteiger partial charge in [-0.2, -0.15) is 0 Å². The van der Waals surface area contributed by atoms with Crippen molar-refractivity contribution in [3.63, 3.8) is 0 Å². The molecule has 0 aliphatic carbocycles. The standard InChI is InChI=1S/C13H16BrNO3.C11H14BrNO2.CH2O3.CH4O.2K.H/c1-9-8-12(4-5-13(9)14)15(10(2)16)6-7-18-11(3)17;1-8-7-10(3-4-11(8)12)13(5-6-14)9(2)15;2-1-4-3;1-2;;;/h4-5,8H,6-7H2,1-3H3;3-4,7,14H,5-6H2,1-2H3;1,3H;2H,1H3;;;/q;;;;2*+1;-1/p-1. The number of amides is 2. The molecular weight excluding hydrogens is 722 g/mol. The Hall–Kier alpha value is 0.433. The number of aryl methyl sites for hydroxylation is 2. The number of halogens is 2. The van der Waals surface area contributed by atoms with Crippen molar-refractivity contribution in [2.75, 3.05) is 43.2 Å². The number of aliphatic hydroxyl groups excluding tert-OH is 2. The van der Waals surface area contributed by atoms with Gasteiger partial charge in [0.2, 0.25) is 11.8 Å². The van der Waals surface area contributed by atoms with Crippen LogP contribution in [0.1, 0.15) is 33.3 Å². The van der Waals surface area contributed by atoms with Gasteiger partial charge in [0.25, 0.3) is 6.47 Å². The molecule has 0 unspecified atom stereocenters.